The van der Waals surface area contributed by atoms with E-state index < -0.39 is 0 Å². The second kappa shape index (κ2) is 6.27. The summed E-state index contributed by atoms with van der Waals surface area (Å²) in [5.74, 6) is 2.91. The van der Waals surface area contributed by atoms with E-state index in [-0.39, 0.29) is 0 Å². The lowest BCUT2D eigenvalue weighted by Gasteiger charge is -2.36. The number of piperazine rings is 1. The maximum atomic E-state index is 4.57. The van der Waals surface area contributed by atoms with E-state index in [1.165, 1.54) is 0 Å². The van der Waals surface area contributed by atoms with Crippen LogP contribution in [0.15, 0.2) is 18.7 Å². The first-order valence-electron chi connectivity index (χ1n) is 8.65. The average molecular weight is 338 g/mol. The number of aromatic nitrogens is 6. The van der Waals surface area contributed by atoms with E-state index in [1.54, 1.807) is 6.33 Å². The van der Waals surface area contributed by atoms with Gasteiger partial charge in [0.05, 0.1) is 0 Å². The molecule has 130 valence electrons. The molecule has 1 aliphatic heterocycles. The molecular formula is C17H22N8. The molecule has 4 rings (SSSR count). The molecule has 0 unspecified atom stereocenters. The molecule has 0 amide bonds. The van der Waals surface area contributed by atoms with Gasteiger partial charge in [-0.05, 0) is 13.8 Å². The van der Waals surface area contributed by atoms with Gasteiger partial charge in [0.2, 0.25) is 5.65 Å². The third-order valence-electron chi connectivity index (χ3n) is 4.88. The monoisotopic (exact) mass is 338 g/mol. The van der Waals surface area contributed by atoms with E-state index in [9.17, 15) is 0 Å². The average Bonchev–Trinajstić information content (AvgIpc) is 3.07. The molecule has 1 aliphatic rings. The van der Waals surface area contributed by atoms with E-state index in [4.69, 9.17) is 0 Å². The highest BCUT2D eigenvalue weighted by atomic mass is 15.3. The Kier molecular flexibility index (Phi) is 3.95. The molecule has 0 atom stereocenters. The number of hydrogen-bond acceptors (Lipinski definition) is 7. The van der Waals surface area contributed by atoms with E-state index >= 15 is 0 Å². The Labute approximate surface area is 146 Å². The Morgan fingerprint density at radius 1 is 0.920 bits per heavy atom. The van der Waals surface area contributed by atoms with E-state index in [1.807, 2.05) is 23.7 Å². The fourth-order valence-corrected chi connectivity index (χ4v) is 3.30. The van der Waals surface area contributed by atoms with Crippen LogP contribution >= 0.6 is 0 Å². The molecule has 8 heteroatoms. The third kappa shape index (κ3) is 2.67. The molecule has 1 fully saturated rings. The molecule has 8 nitrogen and oxygen atoms in total. The molecule has 4 heterocycles. The van der Waals surface area contributed by atoms with E-state index in [0.717, 1.165) is 67.0 Å². The van der Waals surface area contributed by atoms with Gasteiger partial charge in [0, 0.05) is 56.3 Å². The maximum absolute atomic E-state index is 4.57. The van der Waals surface area contributed by atoms with Crippen LogP contribution in [0.5, 0.6) is 0 Å². The minimum absolute atomic E-state index is 0.835. The van der Waals surface area contributed by atoms with E-state index in [2.05, 4.69) is 48.8 Å². The number of aryl methyl sites for hydroxylation is 2. The van der Waals surface area contributed by atoms with Gasteiger partial charge < -0.3 is 9.80 Å². The summed E-state index contributed by atoms with van der Waals surface area (Å²) in [7, 11) is 0. The predicted molar refractivity (Wildman–Crippen MR) is 96.1 cm³/mol. The summed E-state index contributed by atoms with van der Waals surface area (Å²) in [5.41, 5.74) is 3.03. The standard InChI is InChI=1S/C17H22N8/c1-4-14-21-22-17-16(18-5-6-25(14)17)24-9-7-23(8-10-24)15-12(2)13(3)19-11-20-15/h5-6,11H,4,7-10H2,1-3H3. The molecule has 0 saturated carbocycles. The zero-order valence-corrected chi connectivity index (χ0v) is 14.8. The topological polar surface area (TPSA) is 75.3 Å². The van der Waals surface area contributed by atoms with Crippen LogP contribution in [0.4, 0.5) is 11.6 Å². The number of rotatable bonds is 3. The molecule has 3 aromatic heterocycles. The van der Waals surface area contributed by atoms with Crippen molar-refractivity contribution in [2.45, 2.75) is 27.2 Å². The zero-order valence-electron chi connectivity index (χ0n) is 14.8. The molecule has 0 aliphatic carbocycles. The molecule has 0 aromatic carbocycles. The van der Waals surface area contributed by atoms with Crippen LogP contribution in [0.2, 0.25) is 0 Å². The summed E-state index contributed by atoms with van der Waals surface area (Å²) >= 11 is 0. The van der Waals surface area contributed by atoms with Gasteiger partial charge in [-0.3, -0.25) is 4.40 Å². The van der Waals surface area contributed by atoms with Gasteiger partial charge in [-0.2, -0.15) is 0 Å². The maximum Gasteiger partial charge on any atom is 0.203 e. The van der Waals surface area contributed by atoms with Gasteiger partial charge >= 0.3 is 0 Å². The first-order valence-corrected chi connectivity index (χ1v) is 8.65. The Bertz CT molecular complexity index is 895. The molecule has 0 N–H and O–H groups in total. The first-order chi connectivity index (χ1) is 12.2. The van der Waals surface area contributed by atoms with Crippen LogP contribution in [0.3, 0.4) is 0 Å². The van der Waals surface area contributed by atoms with Crippen LogP contribution in [-0.4, -0.2) is 55.7 Å². The van der Waals surface area contributed by atoms with Crippen molar-refractivity contribution in [3.8, 4) is 0 Å². The molecule has 3 aromatic rings. The fraction of sp³-hybridized carbons (Fsp3) is 0.471. The number of hydrogen-bond donors (Lipinski definition) is 0. The Hall–Kier alpha value is -2.77. The summed E-state index contributed by atoms with van der Waals surface area (Å²) in [6.45, 7) is 9.75. The minimum atomic E-state index is 0.835. The summed E-state index contributed by atoms with van der Waals surface area (Å²) in [6.07, 6.45) is 6.26. The van der Waals surface area contributed by atoms with Crippen LogP contribution < -0.4 is 9.80 Å². The highest BCUT2D eigenvalue weighted by Crippen LogP contribution is 2.23. The summed E-state index contributed by atoms with van der Waals surface area (Å²) in [4.78, 5) is 17.9. The minimum Gasteiger partial charge on any atom is -0.353 e. The van der Waals surface area contributed by atoms with E-state index in [0.29, 0.717) is 0 Å². The third-order valence-corrected chi connectivity index (χ3v) is 4.88. The van der Waals surface area contributed by atoms with Gasteiger partial charge in [-0.25, -0.2) is 15.0 Å². The first kappa shape index (κ1) is 15.7. The van der Waals surface area contributed by atoms with Gasteiger partial charge in [0.15, 0.2) is 5.82 Å². The normalized spacial score (nSPS) is 15.2. The molecule has 0 spiro atoms. The van der Waals surface area contributed by atoms with Crippen LogP contribution in [0.25, 0.3) is 5.65 Å². The number of fused-ring (bicyclic) bond motifs is 1. The molecule has 25 heavy (non-hydrogen) atoms. The van der Waals surface area contributed by atoms with Crippen molar-refractivity contribution in [3.63, 3.8) is 0 Å². The van der Waals surface area contributed by atoms with Gasteiger partial charge in [-0.15, -0.1) is 10.2 Å². The summed E-state index contributed by atoms with van der Waals surface area (Å²) in [6, 6.07) is 0. The molecule has 0 radical (unpaired) electrons. The van der Waals surface area contributed by atoms with Crippen molar-refractivity contribution in [3.05, 3.63) is 35.8 Å². The predicted octanol–water partition coefficient (Wildman–Crippen LogP) is 1.42. The number of anilines is 2. The summed E-state index contributed by atoms with van der Waals surface area (Å²) in [5, 5.41) is 8.61. The fourth-order valence-electron chi connectivity index (χ4n) is 3.30. The van der Waals surface area contributed by atoms with Gasteiger partial charge in [0.1, 0.15) is 18.0 Å². The van der Waals surface area contributed by atoms with Crippen LogP contribution in [0, 0.1) is 13.8 Å². The van der Waals surface area contributed by atoms with Crippen molar-refractivity contribution in [2.24, 2.45) is 0 Å². The highest BCUT2D eigenvalue weighted by molar-refractivity contribution is 5.64. The Morgan fingerprint density at radius 2 is 1.64 bits per heavy atom. The van der Waals surface area contributed by atoms with Crippen molar-refractivity contribution in [1.29, 1.82) is 0 Å². The lowest BCUT2D eigenvalue weighted by molar-refractivity contribution is 0.639. The lowest BCUT2D eigenvalue weighted by atomic mass is 10.2. The van der Waals surface area contributed by atoms with Crippen LogP contribution in [-0.2, 0) is 6.42 Å². The highest BCUT2D eigenvalue weighted by Gasteiger charge is 2.23. The second-order valence-electron chi connectivity index (χ2n) is 6.30. The smallest absolute Gasteiger partial charge is 0.203 e. The zero-order chi connectivity index (χ0) is 17.4. The van der Waals surface area contributed by atoms with Crippen molar-refractivity contribution >= 4 is 17.3 Å². The second-order valence-corrected chi connectivity index (χ2v) is 6.30. The molecule has 0 bridgehead atoms. The van der Waals surface area contributed by atoms with Crippen molar-refractivity contribution in [2.75, 3.05) is 36.0 Å². The Morgan fingerprint density at radius 3 is 2.36 bits per heavy atom. The van der Waals surface area contributed by atoms with Gasteiger partial charge in [-0.1, -0.05) is 6.92 Å². The van der Waals surface area contributed by atoms with Crippen molar-refractivity contribution < 1.29 is 0 Å². The molecule has 1 saturated heterocycles. The quantitative estimate of drug-likeness (QED) is 0.715. The lowest BCUT2D eigenvalue weighted by Crippen LogP contribution is -2.47. The molecular weight excluding hydrogens is 316 g/mol. The van der Waals surface area contributed by atoms with Crippen LogP contribution in [0.1, 0.15) is 24.0 Å². The largest absolute Gasteiger partial charge is 0.353 e. The Balaban J connectivity index is 1.56. The summed E-state index contributed by atoms with van der Waals surface area (Å²) < 4.78 is 2.03. The number of nitrogens with zero attached hydrogens (tertiary/aromatic N) is 8. The SMILES string of the molecule is CCc1nnc2c(N3CCN(c4ncnc(C)c4C)CC3)nccn12. The van der Waals surface area contributed by atoms with Gasteiger partial charge in [0.25, 0.3) is 0 Å². The van der Waals surface area contributed by atoms with Crippen molar-refractivity contribution in [1.82, 2.24) is 29.5 Å².